The van der Waals surface area contributed by atoms with Crippen LogP contribution in [0.1, 0.15) is 25.6 Å². The second-order valence-electron chi connectivity index (χ2n) is 5.98. The summed E-state index contributed by atoms with van der Waals surface area (Å²) < 4.78 is 25.9. The number of imidazole rings is 1. The first-order valence-electron chi connectivity index (χ1n) is 7.16. The number of rotatable bonds is 5. The van der Waals surface area contributed by atoms with E-state index in [2.05, 4.69) is 16.5 Å². The van der Waals surface area contributed by atoms with Crippen LogP contribution < -0.4 is 0 Å². The van der Waals surface area contributed by atoms with Crippen molar-refractivity contribution >= 4 is 32.5 Å². The standard InChI is InChI=1S/C15H19ClN2O2S/c1-10(11-6-7-11)9-18-12-4-3-5-13(21(2,19)20)15(12)17-14(18)8-16/h3-5,10-11H,6-9H2,1-2H3. The van der Waals surface area contributed by atoms with Crippen molar-refractivity contribution in [1.82, 2.24) is 9.55 Å². The highest BCUT2D eigenvalue weighted by atomic mass is 35.5. The lowest BCUT2D eigenvalue weighted by Gasteiger charge is -2.14. The molecular formula is C15H19ClN2O2S. The minimum absolute atomic E-state index is 0.282. The van der Waals surface area contributed by atoms with Gasteiger partial charge in [0.15, 0.2) is 9.84 Å². The Morgan fingerprint density at radius 1 is 1.43 bits per heavy atom. The fraction of sp³-hybridized carbons (Fsp3) is 0.533. The molecule has 1 fully saturated rings. The van der Waals surface area contributed by atoms with E-state index in [1.807, 2.05) is 6.07 Å². The molecule has 1 aromatic carbocycles. The molecule has 6 heteroatoms. The monoisotopic (exact) mass is 326 g/mol. The number of sulfone groups is 1. The number of benzene rings is 1. The zero-order chi connectivity index (χ0) is 15.2. The van der Waals surface area contributed by atoms with Crippen LogP contribution in [0.25, 0.3) is 11.0 Å². The van der Waals surface area contributed by atoms with Gasteiger partial charge in [0.05, 0.1) is 16.3 Å². The Morgan fingerprint density at radius 3 is 2.71 bits per heavy atom. The Labute approximate surface area is 130 Å². The van der Waals surface area contributed by atoms with Gasteiger partial charge in [0.2, 0.25) is 0 Å². The summed E-state index contributed by atoms with van der Waals surface area (Å²) in [6, 6.07) is 5.31. The fourth-order valence-corrected chi connectivity index (χ4v) is 3.91. The number of halogens is 1. The molecule has 1 aromatic heterocycles. The van der Waals surface area contributed by atoms with Gasteiger partial charge in [-0.3, -0.25) is 0 Å². The quantitative estimate of drug-likeness (QED) is 0.793. The molecule has 1 aliphatic rings. The Bertz CT molecular complexity index is 778. The summed E-state index contributed by atoms with van der Waals surface area (Å²) in [5.41, 5.74) is 1.40. The van der Waals surface area contributed by atoms with Crippen molar-refractivity contribution in [1.29, 1.82) is 0 Å². The molecule has 4 nitrogen and oxygen atoms in total. The maximum atomic E-state index is 11.9. The molecule has 1 saturated carbocycles. The normalized spacial score (nSPS) is 17.3. The lowest BCUT2D eigenvalue weighted by Crippen LogP contribution is -2.11. The first kappa shape index (κ1) is 14.9. The number of para-hydroxylation sites is 1. The van der Waals surface area contributed by atoms with Crippen molar-refractivity contribution in [2.45, 2.75) is 37.1 Å². The van der Waals surface area contributed by atoms with E-state index >= 15 is 0 Å². The molecule has 0 saturated heterocycles. The average molecular weight is 327 g/mol. The molecule has 3 rings (SSSR count). The van der Waals surface area contributed by atoms with Gasteiger partial charge < -0.3 is 4.57 Å². The van der Waals surface area contributed by atoms with E-state index in [1.54, 1.807) is 12.1 Å². The SMILES string of the molecule is CC(Cn1c(CCl)nc2c(S(C)(=O)=O)cccc21)C1CC1. The number of alkyl halides is 1. The Morgan fingerprint density at radius 2 is 2.14 bits per heavy atom. The first-order chi connectivity index (χ1) is 9.91. The van der Waals surface area contributed by atoms with Crippen molar-refractivity contribution in [2.75, 3.05) is 6.26 Å². The van der Waals surface area contributed by atoms with Crippen LogP contribution in [0.3, 0.4) is 0 Å². The molecule has 1 aliphatic carbocycles. The first-order valence-corrected chi connectivity index (χ1v) is 9.58. The van der Waals surface area contributed by atoms with Crippen molar-refractivity contribution in [2.24, 2.45) is 11.8 Å². The molecule has 0 amide bonds. The van der Waals surface area contributed by atoms with Crippen LogP contribution in [0, 0.1) is 11.8 Å². The number of nitrogens with zero attached hydrogens (tertiary/aromatic N) is 2. The summed E-state index contributed by atoms with van der Waals surface area (Å²) in [6.07, 6.45) is 3.80. The third-order valence-electron chi connectivity index (χ3n) is 4.24. The maximum absolute atomic E-state index is 11.9. The van der Waals surface area contributed by atoms with E-state index in [0.717, 1.165) is 23.8 Å². The summed E-state index contributed by atoms with van der Waals surface area (Å²) in [5.74, 6) is 2.38. The van der Waals surface area contributed by atoms with Gasteiger partial charge in [-0.15, -0.1) is 11.6 Å². The molecule has 1 atom stereocenters. The molecule has 21 heavy (non-hydrogen) atoms. The highest BCUT2D eigenvalue weighted by Gasteiger charge is 2.29. The highest BCUT2D eigenvalue weighted by Crippen LogP contribution is 2.38. The zero-order valence-corrected chi connectivity index (χ0v) is 13.8. The van der Waals surface area contributed by atoms with Crippen LogP contribution in [0.5, 0.6) is 0 Å². The lowest BCUT2D eigenvalue weighted by atomic mass is 10.1. The smallest absolute Gasteiger partial charge is 0.177 e. The van der Waals surface area contributed by atoms with Gasteiger partial charge >= 0.3 is 0 Å². The molecule has 0 radical (unpaired) electrons. The van der Waals surface area contributed by atoms with Gasteiger partial charge in [0.1, 0.15) is 11.3 Å². The largest absolute Gasteiger partial charge is 0.327 e. The van der Waals surface area contributed by atoms with E-state index in [9.17, 15) is 8.42 Å². The van der Waals surface area contributed by atoms with Gasteiger partial charge in [-0.2, -0.15) is 0 Å². The summed E-state index contributed by atoms with van der Waals surface area (Å²) in [7, 11) is -3.29. The molecular weight excluding hydrogens is 308 g/mol. The number of hydrogen-bond donors (Lipinski definition) is 0. The van der Waals surface area contributed by atoms with Gasteiger partial charge in [-0.05, 0) is 36.8 Å². The molecule has 0 aliphatic heterocycles. The van der Waals surface area contributed by atoms with Crippen LogP contribution >= 0.6 is 11.6 Å². The maximum Gasteiger partial charge on any atom is 0.177 e. The number of aromatic nitrogens is 2. The lowest BCUT2D eigenvalue weighted by molar-refractivity contribution is 0.431. The minimum Gasteiger partial charge on any atom is -0.327 e. The molecule has 0 N–H and O–H groups in total. The van der Waals surface area contributed by atoms with E-state index in [1.165, 1.54) is 19.1 Å². The van der Waals surface area contributed by atoms with Gasteiger partial charge in [-0.25, -0.2) is 13.4 Å². The predicted molar refractivity (Wildman–Crippen MR) is 84.3 cm³/mol. The fourth-order valence-electron chi connectivity index (χ4n) is 2.88. The summed E-state index contributed by atoms with van der Waals surface area (Å²) in [5, 5.41) is 0. The third kappa shape index (κ3) is 2.81. The average Bonchev–Trinajstić information content (AvgIpc) is 3.21. The number of hydrogen-bond acceptors (Lipinski definition) is 3. The van der Waals surface area contributed by atoms with Crippen molar-refractivity contribution in [3.05, 3.63) is 24.0 Å². The van der Waals surface area contributed by atoms with Crippen molar-refractivity contribution in [3.63, 3.8) is 0 Å². The highest BCUT2D eigenvalue weighted by molar-refractivity contribution is 7.91. The Hall–Kier alpha value is -1.07. The Balaban J connectivity index is 2.14. The molecule has 0 bridgehead atoms. The van der Waals surface area contributed by atoms with Crippen LogP contribution in [-0.4, -0.2) is 24.2 Å². The number of fused-ring (bicyclic) bond motifs is 1. The van der Waals surface area contributed by atoms with E-state index in [4.69, 9.17) is 11.6 Å². The summed E-state index contributed by atoms with van der Waals surface area (Å²) in [4.78, 5) is 4.76. The van der Waals surface area contributed by atoms with Crippen LogP contribution in [0.15, 0.2) is 23.1 Å². The van der Waals surface area contributed by atoms with Crippen LogP contribution in [0.4, 0.5) is 0 Å². The molecule has 1 heterocycles. The predicted octanol–water partition coefficient (Wildman–Crippen LogP) is 3.22. The summed E-state index contributed by atoms with van der Waals surface area (Å²) >= 11 is 6.02. The Kier molecular flexibility index (Phi) is 3.74. The van der Waals surface area contributed by atoms with Crippen LogP contribution in [0.2, 0.25) is 0 Å². The summed E-state index contributed by atoms with van der Waals surface area (Å²) in [6.45, 7) is 3.08. The third-order valence-corrected chi connectivity index (χ3v) is 5.60. The van der Waals surface area contributed by atoms with Crippen molar-refractivity contribution in [3.8, 4) is 0 Å². The second-order valence-corrected chi connectivity index (χ2v) is 8.23. The molecule has 114 valence electrons. The molecule has 2 aromatic rings. The van der Waals surface area contributed by atoms with E-state index in [-0.39, 0.29) is 10.8 Å². The molecule has 1 unspecified atom stereocenters. The minimum atomic E-state index is -3.29. The molecule has 0 spiro atoms. The van der Waals surface area contributed by atoms with Crippen LogP contribution in [-0.2, 0) is 22.3 Å². The van der Waals surface area contributed by atoms with E-state index < -0.39 is 9.84 Å². The van der Waals surface area contributed by atoms with Crippen molar-refractivity contribution < 1.29 is 8.42 Å². The second kappa shape index (κ2) is 5.29. The van der Waals surface area contributed by atoms with Gasteiger partial charge in [0.25, 0.3) is 0 Å². The van der Waals surface area contributed by atoms with Gasteiger partial charge in [-0.1, -0.05) is 13.0 Å². The van der Waals surface area contributed by atoms with Gasteiger partial charge in [0, 0.05) is 12.8 Å². The zero-order valence-electron chi connectivity index (χ0n) is 12.2. The topological polar surface area (TPSA) is 52.0 Å². The van der Waals surface area contributed by atoms with E-state index in [0.29, 0.717) is 11.4 Å².